The molecular weight excluding hydrogens is 628 g/mol. The van der Waals surface area contributed by atoms with E-state index in [9.17, 15) is 45.6 Å². The molecule has 0 saturated carbocycles. The van der Waals surface area contributed by atoms with Crippen molar-refractivity contribution in [1.82, 2.24) is 0 Å². The number of carbonyl (C=O) groups is 1. The van der Waals surface area contributed by atoms with Crippen LogP contribution >= 0.6 is 0 Å². The Morgan fingerprint density at radius 2 is 1.70 bits per heavy atom. The molecule has 8 N–H and O–H groups in total. The summed E-state index contributed by atoms with van der Waals surface area (Å²) in [6, 6.07) is 4.42. The second kappa shape index (κ2) is 15.0. The molecule has 0 spiro atoms. The molecule has 16 heteroatoms. The third-order valence-electron chi connectivity index (χ3n) is 8.65. The van der Waals surface area contributed by atoms with E-state index < -0.39 is 105 Å². The van der Waals surface area contributed by atoms with Crippen LogP contribution in [-0.4, -0.2) is 141 Å². The molecule has 2 fully saturated rings. The van der Waals surface area contributed by atoms with Crippen molar-refractivity contribution in [2.75, 3.05) is 20.3 Å². The van der Waals surface area contributed by atoms with Gasteiger partial charge in [-0.05, 0) is 42.3 Å². The van der Waals surface area contributed by atoms with Crippen LogP contribution in [0.2, 0.25) is 0 Å². The molecule has 0 radical (unpaired) electrons. The molecule has 1 aliphatic carbocycles. The van der Waals surface area contributed by atoms with Gasteiger partial charge in [0.2, 0.25) is 6.29 Å². The Bertz CT molecular complexity index is 1330. The van der Waals surface area contributed by atoms with Crippen LogP contribution in [0.25, 0.3) is 6.08 Å². The standard InChI is InChI=1S/C31H40O16/c1-13-23(36)26(39)28(46-21(35)6-4-14-3-5-17(34)19(9-14)41-2)31(43-13)44-18-10-15(11-32)22-16(18)7-8-42-29(22)47-30-27(40)25(38)24(37)20(12-33)45-30/h3-10,13,16,18,20,22-34,36-40H,11-12H2,1-2H3/b6-4+/t13-,16-,18+,20+,22+,23-,24+,25-,26+,27+,28+,29-,30-,31-/m0/s1. The van der Waals surface area contributed by atoms with Gasteiger partial charge in [0, 0.05) is 12.0 Å². The number of methoxy groups -OCH3 is 1. The van der Waals surface area contributed by atoms with Crippen LogP contribution in [0, 0.1) is 11.8 Å². The summed E-state index contributed by atoms with van der Waals surface area (Å²) < 4.78 is 39.5. The normalized spacial score (nSPS) is 40.1. The molecule has 16 nitrogen and oxygen atoms in total. The summed E-state index contributed by atoms with van der Waals surface area (Å²) in [5, 5.41) is 81.7. The molecule has 1 aromatic rings. The molecule has 0 bridgehead atoms. The highest BCUT2D eigenvalue weighted by molar-refractivity contribution is 5.87. The highest BCUT2D eigenvalue weighted by atomic mass is 16.8. The second-order valence-electron chi connectivity index (χ2n) is 11.6. The molecule has 4 aliphatic rings. The lowest BCUT2D eigenvalue weighted by Crippen LogP contribution is -2.60. The van der Waals surface area contributed by atoms with E-state index in [0.717, 1.165) is 6.08 Å². The number of hydrogen-bond donors (Lipinski definition) is 8. The van der Waals surface area contributed by atoms with Crippen molar-refractivity contribution in [1.29, 1.82) is 0 Å². The van der Waals surface area contributed by atoms with Crippen molar-refractivity contribution < 1.29 is 78.8 Å². The van der Waals surface area contributed by atoms with E-state index in [0.29, 0.717) is 11.1 Å². The van der Waals surface area contributed by atoms with E-state index in [-0.39, 0.29) is 11.5 Å². The Morgan fingerprint density at radius 1 is 0.936 bits per heavy atom. The molecule has 3 heterocycles. The lowest BCUT2D eigenvalue weighted by molar-refractivity contribution is -0.341. The highest BCUT2D eigenvalue weighted by Gasteiger charge is 2.52. The predicted molar refractivity (Wildman–Crippen MR) is 156 cm³/mol. The van der Waals surface area contributed by atoms with E-state index in [1.165, 1.54) is 44.6 Å². The van der Waals surface area contributed by atoms with Crippen LogP contribution in [0.3, 0.4) is 0 Å². The average Bonchev–Trinajstić information content (AvgIpc) is 3.43. The van der Waals surface area contributed by atoms with E-state index in [1.54, 1.807) is 12.2 Å². The van der Waals surface area contributed by atoms with Crippen molar-refractivity contribution in [2.45, 2.75) is 80.7 Å². The quantitative estimate of drug-likeness (QED) is 0.0766. The van der Waals surface area contributed by atoms with Crippen molar-refractivity contribution >= 4 is 12.0 Å². The Kier molecular flexibility index (Phi) is 11.2. The second-order valence-corrected chi connectivity index (χ2v) is 11.6. The van der Waals surface area contributed by atoms with Crippen LogP contribution in [-0.2, 0) is 33.2 Å². The number of benzene rings is 1. The molecule has 2 saturated heterocycles. The first-order valence-corrected chi connectivity index (χ1v) is 15.0. The van der Waals surface area contributed by atoms with Crippen LogP contribution < -0.4 is 4.74 Å². The van der Waals surface area contributed by atoms with Gasteiger partial charge in [-0.1, -0.05) is 12.1 Å². The van der Waals surface area contributed by atoms with Gasteiger partial charge < -0.3 is 74.0 Å². The van der Waals surface area contributed by atoms with E-state index >= 15 is 0 Å². The molecule has 1 aromatic carbocycles. The van der Waals surface area contributed by atoms with E-state index in [1.807, 2.05) is 0 Å². The molecule has 47 heavy (non-hydrogen) atoms. The number of aliphatic hydroxyl groups excluding tert-OH is 7. The van der Waals surface area contributed by atoms with Crippen LogP contribution in [0.4, 0.5) is 0 Å². The van der Waals surface area contributed by atoms with Gasteiger partial charge in [-0.2, -0.15) is 0 Å². The maximum Gasteiger partial charge on any atom is 0.331 e. The van der Waals surface area contributed by atoms with Gasteiger partial charge in [0.15, 0.2) is 30.2 Å². The zero-order valence-corrected chi connectivity index (χ0v) is 25.5. The maximum atomic E-state index is 12.8. The summed E-state index contributed by atoms with van der Waals surface area (Å²) in [5.41, 5.74) is 0.910. The fraction of sp³-hybridized carbons (Fsp3) is 0.581. The number of phenolic OH excluding ortho intramolecular Hbond substituents is 1. The number of fused-ring (bicyclic) bond motifs is 1. The third kappa shape index (κ3) is 7.33. The van der Waals surface area contributed by atoms with Crippen LogP contribution in [0.15, 0.2) is 48.3 Å². The number of phenols is 1. The minimum absolute atomic E-state index is 0.0866. The summed E-state index contributed by atoms with van der Waals surface area (Å²) in [4.78, 5) is 12.8. The van der Waals surface area contributed by atoms with Crippen molar-refractivity contribution in [3.63, 3.8) is 0 Å². The minimum atomic E-state index is -1.69. The van der Waals surface area contributed by atoms with E-state index in [2.05, 4.69) is 0 Å². The topological polar surface area (TPSA) is 244 Å². The van der Waals surface area contributed by atoms with Crippen molar-refractivity contribution in [3.05, 3.63) is 53.8 Å². The largest absolute Gasteiger partial charge is 0.504 e. The lowest BCUT2D eigenvalue weighted by atomic mass is 9.88. The van der Waals surface area contributed by atoms with Crippen LogP contribution in [0.1, 0.15) is 12.5 Å². The number of aliphatic hydroxyl groups is 7. The average molecular weight is 669 g/mol. The first-order chi connectivity index (χ1) is 22.5. The zero-order valence-electron chi connectivity index (χ0n) is 25.5. The van der Waals surface area contributed by atoms with Gasteiger partial charge in [-0.15, -0.1) is 0 Å². The number of rotatable bonds is 10. The van der Waals surface area contributed by atoms with E-state index in [4.69, 9.17) is 33.2 Å². The molecule has 260 valence electrons. The number of ether oxygens (including phenoxy) is 7. The molecule has 3 aliphatic heterocycles. The maximum absolute atomic E-state index is 12.8. The molecule has 0 unspecified atom stereocenters. The molecule has 14 atom stereocenters. The van der Waals surface area contributed by atoms with Crippen molar-refractivity contribution in [2.24, 2.45) is 11.8 Å². The number of esters is 1. The summed E-state index contributed by atoms with van der Waals surface area (Å²) in [5.74, 6) is -2.09. The fourth-order valence-corrected chi connectivity index (χ4v) is 6.01. The van der Waals surface area contributed by atoms with Gasteiger partial charge >= 0.3 is 5.97 Å². The third-order valence-corrected chi connectivity index (χ3v) is 8.65. The zero-order chi connectivity index (χ0) is 34.0. The fourth-order valence-electron chi connectivity index (χ4n) is 6.01. The monoisotopic (exact) mass is 668 g/mol. The Balaban J connectivity index is 1.30. The lowest BCUT2D eigenvalue weighted by Gasteiger charge is -2.43. The molecule has 0 aromatic heterocycles. The summed E-state index contributed by atoms with van der Waals surface area (Å²) in [6.45, 7) is 0.389. The van der Waals surface area contributed by atoms with Crippen molar-refractivity contribution in [3.8, 4) is 11.5 Å². The van der Waals surface area contributed by atoms with Gasteiger partial charge in [0.25, 0.3) is 0 Å². The molecular formula is C31H40O16. The molecule has 0 amide bonds. The molecule has 5 rings (SSSR count). The number of aromatic hydroxyl groups is 1. The SMILES string of the molecule is COc1cc(/C=C/C(=O)O[C@H]2[C@H](O[C@@H]3C=C(CO)[C@H]4[C@H](O[C@@H]5O[C@H](CO)[C@@H](O)[C@H](O)[C@H]5O)OC=C[C@H]43)O[C@@H](C)[C@H](O)[C@H]2O)ccc1O. The van der Waals surface area contributed by atoms with Gasteiger partial charge in [-0.3, -0.25) is 0 Å². The highest BCUT2D eigenvalue weighted by Crippen LogP contribution is 2.43. The summed E-state index contributed by atoms with van der Waals surface area (Å²) in [6.07, 6.45) is -9.53. The smallest absolute Gasteiger partial charge is 0.331 e. The summed E-state index contributed by atoms with van der Waals surface area (Å²) >= 11 is 0. The van der Waals surface area contributed by atoms with Gasteiger partial charge in [-0.25, -0.2) is 4.79 Å². The number of carbonyl (C=O) groups excluding carboxylic acids is 1. The Labute approximate surface area is 269 Å². The first-order valence-electron chi connectivity index (χ1n) is 15.0. The Morgan fingerprint density at radius 3 is 2.40 bits per heavy atom. The van der Waals surface area contributed by atoms with Crippen LogP contribution in [0.5, 0.6) is 11.5 Å². The minimum Gasteiger partial charge on any atom is -0.504 e. The predicted octanol–water partition coefficient (Wildman–Crippen LogP) is -1.97. The first kappa shape index (κ1) is 35.2. The van der Waals surface area contributed by atoms with Gasteiger partial charge in [0.05, 0.1) is 44.7 Å². The summed E-state index contributed by atoms with van der Waals surface area (Å²) in [7, 11) is 1.38. The van der Waals surface area contributed by atoms with Gasteiger partial charge in [0.1, 0.15) is 36.6 Å². The number of hydrogen-bond acceptors (Lipinski definition) is 16. The Hall–Kier alpha value is -3.13.